The Labute approximate surface area is 224 Å². The number of nitrogens with zero attached hydrogens (tertiary/aromatic N) is 6. The van der Waals surface area contributed by atoms with Gasteiger partial charge in [-0.1, -0.05) is 0 Å². The van der Waals surface area contributed by atoms with Crippen LogP contribution in [0.5, 0.6) is 0 Å². The van der Waals surface area contributed by atoms with E-state index in [4.69, 9.17) is 15.0 Å². The number of pyridine rings is 1. The zero-order valence-corrected chi connectivity index (χ0v) is 22.4. The number of imidazole rings is 1. The van der Waals surface area contributed by atoms with E-state index >= 15 is 0 Å². The monoisotopic (exact) mass is 537 g/mol. The van der Waals surface area contributed by atoms with Crippen LogP contribution in [0.4, 0.5) is 20.5 Å². The molecule has 1 aliphatic heterocycles. The molecular formula is C27H33F2N9O. The van der Waals surface area contributed by atoms with Crippen molar-refractivity contribution < 1.29 is 13.6 Å². The lowest BCUT2D eigenvalue weighted by Gasteiger charge is -2.44. The average molecular weight is 538 g/mol. The molecule has 6 rings (SSSR count). The van der Waals surface area contributed by atoms with Gasteiger partial charge in [0.2, 0.25) is 11.9 Å². The standard InChI is InChI=1S/C27H33F2N9O/c1-15-32-19-7-6-18(34-25(19)37(15)14-20(28)29)17-13-31-24-22(17)23(30-3)35-26(36-24)33-16-8-10-27(2,11-9-16)38-12-4-5-21(38)39/h6-7,13,16,20H,4-5,8-12,14H2,1-3H3,(H3,30,31,33,35,36)/t16-,27+. The van der Waals surface area contributed by atoms with Gasteiger partial charge in [-0.2, -0.15) is 9.97 Å². The first kappa shape index (κ1) is 25.4. The van der Waals surface area contributed by atoms with E-state index in [1.54, 1.807) is 20.0 Å². The molecule has 10 nitrogen and oxygen atoms in total. The summed E-state index contributed by atoms with van der Waals surface area (Å²) in [5, 5.41) is 7.46. The van der Waals surface area contributed by atoms with Gasteiger partial charge >= 0.3 is 0 Å². The van der Waals surface area contributed by atoms with Gasteiger partial charge < -0.3 is 25.1 Å². The van der Waals surface area contributed by atoms with Gasteiger partial charge in [-0.3, -0.25) is 4.79 Å². The van der Waals surface area contributed by atoms with E-state index < -0.39 is 13.0 Å². The van der Waals surface area contributed by atoms with E-state index in [1.165, 1.54) is 4.57 Å². The van der Waals surface area contributed by atoms with E-state index in [9.17, 15) is 13.6 Å². The van der Waals surface area contributed by atoms with Crippen molar-refractivity contribution >= 4 is 39.9 Å². The summed E-state index contributed by atoms with van der Waals surface area (Å²) in [6.45, 7) is 4.32. The van der Waals surface area contributed by atoms with Crippen molar-refractivity contribution in [3.05, 3.63) is 24.2 Å². The molecule has 1 saturated carbocycles. The van der Waals surface area contributed by atoms with Crippen LogP contribution in [0.2, 0.25) is 0 Å². The SMILES string of the molecule is CNc1nc(N[C@H]2CC[C@@](C)(N3CCCC3=O)CC2)nc2[nH]cc(-c3ccc4nc(C)n(CC(F)F)c4n3)c12. The maximum absolute atomic E-state index is 13.2. The molecule has 1 aliphatic carbocycles. The molecule has 206 valence electrons. The van der Waals surface area contributed by atoms with Crippen LogP contribution in [-0.2, 0) is 11.3 Å². The lowest BCUT2D eigenvalue weighted by Crippen LogP contribution is -2.50. The van der Waals surface area contributed by atoms with E-state index in [0.717, 1.165) is 49.6 Å². The van der Waals surface area contributed by atoms with Gasteiger partial charge in [-0.15, -0.1) is 0 Å². The number of aromatic amines is 1. The Morgan fingerprint density at radius 2 is 1.97 bits per heavy atom. The molecule has 5 heterocycles. The zero-order valence-electron chi connectivity index (χ0n) is 22.4. The summed E-state index contributed by atoms with van der Waals surface area (Å²) in [5.41, 5.74) is 2.96. The third-order valence-electron chi connectivity index (χ3n) is 8.27. The highest BCUT2D eigenvalue weighted by Crippen LogP contribution is 2.38. The lowest BCUT2D eigenvalue weighted by atomic mass is 9.79. The number of amides is 1. The molecular weight excluding hydrogens is 504 g/mol. The maximum Gasteiger partial charge on any atom is 0.256 e. The summed E-state index contributed by atoms with van der Waals surface area (Å²) in [7, 11) is 1.80. The van der Waals surface area contributed by atoms with Crippen molar-refractivity contribution in [2.75, 3.05) is 24.2 Å². The number of anilines is 2. The molecule has 39 heavy (non-hydrogen) atoms. The van der Waals surface area contributed by atoms with Crippen LogP contribution in [0.3, 0.4) is 0 Å². The first-order valence-corrected chi connectivity index (χ1v) is 13.5. The average Bonchev–Trinajstić information content (AvgIpc) is 3.62. The molecule has 3 N–H and O–H groups in total. The molecule has 0 radical (unpaired) electrons. The van der Waals surface area contributed by atoms with Crippen LogP contribution >= 0.6 is 0 Å². The molecule has 2 fully saturated rings. The van der Waals surface area contributed by atoms with Gasteiger partial charge in [-0.25, -0.2) is 18.7 Å². The molecule has 0 atom stereocenters. The predicted octanol–water partition coefficient (Wildman–Crippen LogP) is 4.72. The van der Waals surface area contributed by atoms with Gasteiger partial charge in [0.05, 0.1) is 17.6 Å². The summed E-state index contributed by atoms with van der Waals surface area (Å²) >= 11 is 0. The molecule has 1 saturated heterocycles. The number of rotatable bonds is 7. The molecule has 12 heteroatoms. The summed E-state index contributed by atoms with van der Waals surface area (Å²) in [4.78, 5) is 36.2. The summed E-state index contributed by atoms with van der Waals surface area (Å²) in [6.07, 6.45) is 4.69. The Morgan fingerprint density at radius 1 is 1.18 bits per heavy atom. The van der Waals surface area contributed by atoms with Crippen molar-refractivity contribution in [1.82, 2.24) is 34.4 Å². The Balaban J connectivity index is 1.26. The van der Waals surface area contributed by atoms with E-state index in [2.05, 4.69) is 32.4 Å². The highest BCUT2D eigenvalue weighted by Gasteiger charge is 2.40. The van der Waals surface area contributed by atoms with Gasteiger partial charge in [0.15, 0.2) is 5.65 Å². The molecule has 0 bridgehead atoms. The minimum atomic E-state index is -2.50. The molecule has 0 spiro atoms. The van der Waals surface area contributed by atoms with Crippen LogP contribution in [0.1, 0.15) is 51.3 Å². The Morgan fingerprint density at radius 3 is 2.67 bits per heavy atom. The highest BCUT2D eigenvalue weighted by molar-refractivity contribution is 6.01. The van der Waals surface area contributed by atoms with Crippen molar-refractivity contribution in [1.29, 1.82) is 0 Å². The number of hydrogen-bond acceptors (Lipinski definition) is 7. The van der Waals surface area contributed by atoms with Crippen molar-refractivity contribution in [3.8, 4) is 11.3 Å². The minimum Gasteiger partial charge on any atom is -0.372 e. The van der Waals surface area contributed by atoms with E-state index in [1.807, 2.05) is 12.3 Å². The normalized spacial score (nSPS) is 21.9. The maximum atomic E-state index is 13.2. The molecule has 4 aromatic rings. The van der Waals surface area contributed by atoms with Crippen LogP contribution in [0.15, 0.2) is 18.3 Å². The van der Waals surface area contributed by atoms with Gasteiger partial charge in [0.25, 0.3) is 6.43 Å². The third kappa shape index (κ3) is 4.55. The zero-order chi connectivity index (χ0) is 27.3. The molecule has 0 aromatic carbocycles. The topological polar surface area (TPSA) is 117 Å². The Hall–Kier alpha value is -3.83. The van der Waals surface area contributed by atoms with Crippen LogP contribution in [0.25, 0.3) is 33.5 Å². The highest BCUT2D eigenvalue weighted by atomic mass is 19.3. The van der Waals surface area contributed by atoms with Crippen LogP contribution in [0, 0.1) is 6.92 Å². The molecule has 4 aromatic heterocycles. The van der Waals surface area contributed by atoms with Crippen molar-refractivity contribution in [3.63, 3.8) is 0 Å². The van der Waals surface area contributed by atoms with Crippen molar-refractivity contribution in [2.24, 2.45) is 0 Å². The second-order valence-electron chi connectivity index (χ2n) is 10.8. The van der Waals surface area contributed by atoms with Crippen LogP contribution in [-0.4, -0.2) is 71.9 Å². The fourth-order valence-electron chi connectivity index (χ4n) is 6.16. The van der Waals surface area contributed by atoms with E-state index in [-0.39, 0.29) is 17.5 Å². The second kappa shape index (κ2) is 9.73. The Bertz CT molecular complexity index is 1540. The quantitative estimate of drug-likeness (QED) is 0.312. The second-order valence-corrected chi connectivity index (χ2v) is 10.8. The first-order chi connectivity index (χ1) is 18.8. The summed E-state index contributed by atoms with van der Waals surface area (Å²) in [5.74, 6) is 1.95. The number of alkyl halides is 2. The van der Waals surface area contributed by atoms with Gasteiger partial charge in [0.1, 0.15) is 22.8 Å². The number of aryl methyl sites for hydroxylation is 1. The summed E-state index contributed by atoms with van der Waals surface area (Å²) < 4.78 is 27.8. The summed E-state index contributed by atoms with van der Waals surface area (Å²) in [6, 6.07) is 3.85. The number of carbonyl (C=O) groups excluding carboxylic acids is 1. The largest absolute Gasteiger partial charge is 0.372 e. The number of aromatic nitrogens is 6. The van der Waals surface area contributed by atoms with Crippen LogP contribution < -0.4 is 10.6 Å². The van der Waals surface area contributed by atoms with Gasteiger partial charge in [0, 0.05) is 43.4 Å². The number of fused-ring (bicyclic) bond motifs is 2. The fourth-order valence-corrected chi connectivity index (χ4v) is 6.16. The molecule has 1 amide bonds. The van der Waals surface area contributed by atoms with Crippen molar-refractivity contribution in [2.45, 2.75) is 76.9 Å². The smallest absolute Gasteiger partial charge is 0.256 e. The number of likely N-dealkylation sites (tertiary alicyclic amines) is 1. The van der Waals surface area contributed by atoms with E-state index in [0.29, 0.717) is 46.5 Å². The number of hydrogen-bond donors (Lipinski definition) is 3. The number of halogens is 2. The number of carbonyl (C=O) groups is 1. The van der Waals surface area contributed by atoms with Gasteiger partial charge in [-0.05, 0) is 58.1 Å². The first-order valence-electron chi connectivity index (χ1n) is 13.5. The number of nitrogens with one attached hydrogen (secondary N) is 3. The fraction of sp³-hybridized carbons (Fsp3) is 0.519. The minimum absolute atomic E-state index is 0.0710. The Kier molecular flexibility index (Phi) is 6.35. The number of H-pyrrole nitrogens is 1. The molecule has 2 aliphatic rings. The predicted molar refractivity (Wildman–Crippen MR) is 146 cm³/mol. The third-order valence-corrected chi connectivity index (χ3v) is 8.27. The lowest BCUT2D eigenvalue weighted by molar-refractivity contribution is -0.133. The molecule has 0 unspecified atom stereocenters.